The molecule has 0 fully saturated rings. The van der Waals surface area contributed by atoms with Crippen LogP contribution in [0.5, 0.6) is 5.88 Å². The van der Waals surface area contributed by atoms with Crippen molar-refractivity contribution in [2.45, 2.75) is 11.3 Å². The molecule has 3 N–H and O–H groups in total. The molecule has 8 nitrogen and oxygen atoms in total. The molecule has 0 aliphatic rings. The van der Waals surface area contributed by atoms with E-state index in [1.54, 1.807) is 56.2 Å². The second-order valence-electron chi connectivity index (χ2n) is 6.78. The van der Waals surface area contributed by atoms with Crippen LogP contribution in [-0.2, 0) is 16.3 Å². The van der Waals surface area contributed by atoms with Gasteiger partial charge >= 0.3 is 0 Å². The molecule has 4 rings (SSSR count). The summed E-state index contributed by atoms with van der Waals surface area (Å²) in [7, 11) is -1.53. The molecule has 0 spiro atoms. The third-order valence-corrected chi connectivity index (χ3v) is 6.30. The lowest BCUT2D eigenvalue weighted by atomic mass is 10.2. The third kappa shape index (κ3) is 4.79. The van der Waals surface area contributed by atoms with Gasteiger partial charge < -0.3 is 10.1 Å². The fourth-order valence-corrected chi connectivity index (χ4v) is 4.24. The largest absolute Gasteiger partial charge is 0.479 e. The van der Waals surface area contributed by atoms with Crippen LogP contribution >= 0.6 is 0 Å². The van der Waals surface area contributed by atoms with Gasteiger partial charge in [0.25, 0.3) is 0 Å². The number of hydrogen-bond acceptors (Lipinski definition) is 7. The van der Waals surface area contributed by atoms with Crippen molar-refractivity contribution in [2.75, 3.05) is 19.0 Å². The highest BCUT2D eigenvalue weighted by atomic mass is 32.2. The highest BCUT2D eigenvalue weighted by Crippen LogP contribution is 2.29. The van der Waals surface area contributed by atoms with E-state index in [1.807, 2.05) is 24.3 Å². The number of nitrogens with zero attached hydrogens (tertiary/aromatic N) is 3. The van der Waals surface area contributed by atoms with Crippen LogP contribution in [0.2, 0.25) is 0 Å². The zero-order valence-corrected chi connectivity index (χ0v) is 17.7. The molecule has 4 aromatic rings. The lowest BCUT2D eigenvalue weighted by molar-refractivity contribution is 0.402. The molecule has 0 saturated carbocycles. The Morgan fingerprint density at radius 3 is 2.45 bits per heavy atom. The van der Waals surface area contributed by atoms with Crippen LogP contribution in [0.3, 0.4) is 0 Å². The molecule has 3 aromatic heterocycles. The summed E-state index contributed by atoms with van der Waals surface area (Å²) in [5, 5.41) is 4.21. The molecule has 0 saturated heterocycles. The molecule has 0 amide bonds. The summed E-state index contributed by atoms with van der Waals surface area (Å²) >= 11 is 0. The maximum atomic E-state index is 12.8. The first-order valence-electron chi connectivity index (χ1n) is 9.64. The Kier molecular flexibility index (Phi) is 6.06. The van der Waals surface area contributed by atoms with E-state index in [9.17, 15) is 4.21 Å². The molecule has 1 unspecified atom stereocenters. The van der Waals surface area contributed by atoms with Gasteiger partial charge in [0.1, 0.15) is 15.4 Å². The number of hydrogen-bond donors (Lipinski definition) is 3. The maximum Gasteiger partial charge on any atom is 0.240 e. The highest BCUT2D eigenvalue weighted by molar-refractivity contribution is 7.90. The summed E-state index contributed by atoms with van der Waals surface area (Å²) in [6, 6.07) is 14.5. The van der Waals surface area contributed by atoms with Gasteiger partial charge in [-0.05, 0) is 60.5 Å². The van der Waals surface area contributed by atoms with Crippen molar-refractivity contribution in [1.82, 2.24) is 19.7 Å². The van der Waals surface area contributed by atoms with Gasteiger partial charge in [-0.1, -0.05) is 0 Å². The number of fused-ring (bicyclic) bond motifs is 1. The number of rotatable bonds is 8. The Balaban J connectivity index is 1.46. The van der Waals surface area contributed by atoms with Crippen molar-refractivity contribution in [2.24, 2.45) is 0 Å². The van der Waals surface area contributed by atoms with Gasteiger partial charge in [-0.25, -0.2) is 18.7 Å². The molecule has 3 heterocycles. The van der Waals surface area contributed by atoms with Crippen molar-refractivity contribution in [3.63, 3.8) is 0 Å². The number of nitrogens with one attached hydrogen (secondary N) is 3. The normalized spacial score (nSPS) is 12.9. The van der Waals surface area contributed by atoms with E-state index in [0.717, 1.165) is 22.3 Å². The number of benzene rings is 1. The van der Waals surface area contributed by atoms with Crippen LogP contribution in [-0.4, -0.2) is 32.8 Å². The Labute approximate surface area is 180 Å². The number of aromatic nitrogens is 3. The van der Waals surface area contributed by atoms with Crippen LogP contribution in [0.15, 0.2) is 78.2 Å². The average molecular weight is 435 g/mol. The van der Waals surface area contributed by atoms with Crippen LogP contribution < -0.4 is 14.8 Å². The monoisotopic (exact) mass is 434 g/mol. The minimum Gasteiger partial charge on any atom is -0.479 e. The van der Waals surface area contributed by atoms with Crippen LogP contribution in [0.4, 0.5) is 11.4 Å². The molecular formula is C22H22N6O2S. The van der Waals surface area contributed by atoms with Crippen molar-refractivity contribution < 1.29 is 8.95 Å². The first-order chi connectivity index (χ1) is 15.1. The summed E-state index contributed by atoms with van der Waals surface area (Å²) in [4.78, 5) is 12.9. The number of anilines is 2. The Bertz CT molecular complexity index is 1280. The predicted octanol–water partition coefficient (Wildman–Crippen LogP) is 3.93. The van der Waals surface area contributed by atoms with E-state index in [1.165, 1.54) is 0 Å². The molecule has 0 aliphatic heterocycles. The smallest absolute Gasteiger partial charge is 0.240 e. The van der Waals surface area contributed by atoms with Crippen molar-refractivity contribution >= 4 is 32.2 Å². The van der Waals surface area contributed by atoms with Crippen LogP contribution in [0.1, 0.15) is 5.56 Å². The van der Waals surface area contributed by atoms with Crippen molar-refractivity contribution in [3.05, 3.63) is 78.9 Å². The van der Waals surface area contributed by atoms with Gasteiger partial charge in [0.2, 0.25) is 5.88 Å². The zero-order valence-electron chi connectivity index (χ0n) is 16.9. The lowest BCUT2D eigenvalue weighted by Gasteiger charge is -2.13. The molecule has 0 radical (unpaired) electrons. The minimum atomic E-state index is -3.09. The minimum absolute atomic E-state index is 0.429. The molecule has 31 heavy (non-hydrogen) atoms. The fourth-order valence-electron chi connectivity index (χ4n) is 3.17. The lowest BCUT2D eigenvalue weighted by Crippen LogP contribution is -2.24. The number of pyridine rings is 3. The van der Waals surface area contributed by atoms with E-state index < -0.39 is 9.92 Å². The van der Waals surface area contributed by atoms with Gasteiger partial charge in [-0.3, -0.25) is 9.97 Å². The number of ether oxygens (including phenoxy) is 1. The van der Waals surface area contributed by atoms with E-state index in [4.69, 9.17) is 9.52 Å². The Morgan fingerprint density at radius 1 is 0.968 bits per heavy atom. The molecule has 0 aliphatic carbocycles. The predicted molar refractivity (Wildman–Crippen MR) is 121 cm³/mol. The Hall–Kier alpha value is -3.56. The van der Waals surface area contributed by atoms with E-state index in [2.05, 4.69) is 25.0 Å². The van der Waals surface area contributed by atoms with Gasteiger partial charge in [0, 0.05) is 48.1 Å². The van der Waals surface area contributed by atoms with Crippen LogP contribution in [0.25, 0.3) is 10.9 Å². The van der Waals surface area contributed by atoms with Gasteiger partial charge in [-0.15, -0.1) is 0 Å². The van der Waals surface area contributed by atoms with Gasteiger partial charge in [0.05, 0.1) is 12.0 Å². The second kappa shape index (κ2) is 9.07. The molecule has 0 bridgehead atoms. The number of methoxy groups -OCH3 is 1. The first kappa shape index (κ1) is 20.7. The zero-order chi connectivity index (χ0) is 21.7. The van der Waals surface area contributed by atoms with Crippen LogP contribution in [0, 0.1) is 4.78 Å². The maximum absolute atomic E-state index is 12.8. The summed E-state index contributed by atoms with van der Waals surface area (Å²) in [6.45, 7) is 0.436. The Morgan fingerprint density at radius 2 is 1.71 bits per heavy atom. The quantitative estimate of drug-likeness (QED) is 0.387. The van der Waals surface area contributed by atoms with Crippen molar-refractivity contribution in [1.29, 1.82) is 4.78 Å². The SMILES string of the molecule is COc1nccc2c(Nc3ccc(S(=N)(=O)NCCc4ccncc4)cc3)ccnc12. The molecule has 1 aromatic carbocycles. The molecule has 1 atom stereocenters. The summed E-state index contributed by atoms with van der Waals surface area (Å²) < 4.78 is 29.2. The topological polar surface area (TPSA) is 113 Å². The molecular weight excluding hydrogens is 412 g/mol. The summed E-state index contributed by atoms with van der Waals surface area (Å²) in [5.74, 6) is 0.461. The third-order valence-electron chi connectivity index (χ3n) is 4.75. The first-order valence-corrected chi connectivity index (χ1v) is 11.2. The standard InChI is InChI=1S/C22H22N6O2S/c1-30-22-21-19(9-13-26-22)20(10-14-25-21)28-17-2-4-18(5-3-17)31(23,29)27-15-8-16-6-11-24-12-7-16/h2-7,9-14H,8,15H2,1H3,(H,25,28)(H2,23,27,29). The average Bonchev–Trinajstić information content (AvgIpc) is 2.80. The molecule has 9 heteroatoms. The molecule has 158 valence electrons. The summed E-state index contributed by atoms with van der Waals surface area (Å²) in [5.41, 5.74) is 3.40. The van der Waals surface area contributed by atoms with Gasteiger partial charge in [-0.2, -0.15) is 0 Å². The van der Waals surface area contributed by atoms with Gasteiger partial charge in [0.15, 0.2) is 0 Å². The highest BCUT2D eigenvalue weighted by Gasteiger charge is 2.11. The van der Waals surface area contributed by atoms with Crippen molar-refractivity contribution in [3.8, 4) is 5.88 Å². The summed E-state index contributed by atoms with van der Waals surface area (Å²) in [6.07, 6.45) is 7.47. The van der Waals surface area contributed by atoms with E-state index in [-0.39, 0.29) is 0 Å². The van der Waals surface area contributed by atoms with E-state index in [0.29, 0.717) is 29.3 Å². The second-order valence-corrected chi connectivity index (χ2v) is 8.65. The van der Waals surface area contributed by atoms with E-state index >= 15 is 0 Å². The fraction of sp³-hybridized carbons (Fsp3) is 0.136.